The molecule has 4 aromatic rings. The summed E-state index contributed by atoms with van der Waals surface area (Å²) in [6.45, 7) is 7.88. The van der Waals surface area contributed by atoms with Crippen molar-refractivity contribution < 1.29 is 9.53 Å². The predicted octanol–water partition coefficient (Wildman–Crippen LogP) is 3.88. The molecule has 2 fully saturated rings. The van der Waals surface area contributed by atoms with Gasteiger partial charge in [0.1, 0.15) is 0 Å². The first-order valence-corrected chi connectivity index (χ1v) is 13.8. The molecule has 0 radical (unpaired) electrons. The maximum Gasteiger partial charge on any atom is 0.310 e. The van der Waals surface area contributed by atoms with Crippen LogP contribution in [0.5, 0.6) is 0 Å². The van der Waals surface area contributed by atoms with Gasteiger partial charge >= 0.3 is 5.97 Å². The Morgan fingerprint density at radius 3 is 2.95 bits per heavy atom. The van der Waals surface area contributed by atoms with Crippen LogP contribution >= 0.6 is 0 Å². The van der Waals surface area contributed by atoms with Crippen molar-refractivity contribution in [2.75, 3.05) is 51.2 Å². The number of nitrogens with one attached hydrogen (secondary N) is 3. The highest BCUT2D eigenvalue weighted by atomic mass is 16.5. The highest BCUT2D eigenvalue weighted by molar-refractivity contribution is 5.88. The van der Waals surface area contributed by atoms with Gasteiger partial charge in [-0.1, -0.05) is 12.1 Å². The maximum absolute atomic E-state index is 12.5. The van der Waals surface area contributed by atoms with Gasteiger partial charge in [-0.25, -0.2) is 4.98 Å². The molecule has 202 valence electrons. The number of imidazole rings is 1. The number of nitrogens with zero attached hydrogens (tertiary/aromatic N) is 4. The lowest BCUT2D eigenvalue weighted by Gasteiger charge is -2.32. The van der Waals surface area contributed by atoms with Crippen molar-refractivity contribution in [1.82, 2.24) is 30.2 Å². The van der Waals surface area contributed by atoms with Gasteiger partial charge < -0.3 is 25.3 Å². The normalized spacial score (nSPS) is 18.1. The van der Waals surface area contributed by atoms with Crippen molar-refractivity contribution in [3.8, 4) is 22.6 Å². The van der Waals surface area contributed by atoms with Crippen LogP contribution in [0, 0.1) is 18.8 Å². The Bertz CT molecular complexity index is 1450. The fraction of sp³-hybridized carbons (Fsp3) is 0.400. The van der Waals surface area contributed by atoms with Gasteiger partial charge in [-0.15, -0.1) is 0 Å². The molecule has 1 atom stereocenters. The van der Waals surface area contributed by atoms with Crippen molar-refractivity contribution in [2.24, 2.45) is 11.8 Å². The van der Waals surface area contributed by atoms with E-state index in [-0.39, 0.29) is 11.9 Å². The Hall–Kier alpha value is -3.82. The molecule has 6 rings (SSSR count). The number of ether oxygens (including phenoxy) is 1. The fourth-order valence-corrected chi connectivity index (χ4v) is 5.36. The molecule has 2 saturated heterocycles. The number of aromatic amines is 1. The summed E-state index contributed by atoms with van der Waals surface area (Å²) >= 11 is 0. The van der Waals surface area contributed by atoms with Crippen molar-refractivity contribution in [3.63, 3.8) is 0 Å². The monoisotopic (exact) mass is 525 g/mol. The minimum Gasteiger partial charge on any atom is -0.465 e. The second kappa shape index (κ2) is 11.5. The third-order valence-electron chi connectivity index (χ3n) is 7.66. The van der Waals surface area contributed by atoms with Gasteiger partial charge in [0.15, 0.2) is 0 Å². The number of piperidine rings is 1. The van der Waals surface area contributed by atoms with Gasteiger partial charge in [0.25, 0.3) is 0 Å². The molecule has 2 aliphatic rings. The van der Waals surface area contributed by atoms with Crippen LogP contribution in [0.2, 0.25) is 0 Å². The van der Waals surface area contributed by atoms with Gasteiger partial charge in [0.2, 0.25) is 0 Å². The number of rotatable bonds is 9. The minimum absolute atomic E-state index is 0.0190. The van der Waals surface area contributed by atoms with Crippen molar-refractivity contribution >= 4 is 22.6 Å². The molecular weight excluding hydrogens is 490 g/mol. The fourth-order valence-electron chi connectivity index (χ4n) is 5.36. The van der Waals surface area contributed by atoms with Gasteiger partial charge in [-0.3, -0.25) is 14.8 Å². The van der Waals surface area contributed by atoms with Crippen LogP contribution in [-0.4, -0.2) is 76.7 Å². The van der Waals surface area contributed by atoms with Crippen LogP contribution in [0.25, 0.3) is 33.5 Å². The summed E-state index contributed by atoms with van der Waals surface area (Å²) in [6, 6.07) is 14.3. The van der Waals surface area contributed by atoms with Gasteiger partial charge in [0, 0.05) is 55.3 Å². The van der Waals surface area contributed by atoms with Gasteiger partial charge in [-0.2, -0.15) is 0 Å². The summed E-state index contributed by atoms with van der Waals surface area (Å²) in [7, 11) is 0. The summed E-state index contributed by atoms with van der Waals surface area (Å²) in [5.41, 5.74) is 6.54. The second-order valence-electron chi connectivity index (χ2n) is 10.6. The van der Waals surface area contributed by atoms with E-state index in [1.807, 2.05) is 37.4 Å². The van der Waals surface area contributed by atoms with Crippen molar-refractivity contribution in [3.05, 3.63) is 60.7 Å². The van der Waals surface area contributed by atoms with Gasteiger partial charge in [-0.05, 0) is 56.6 Å². The molecule has 0 bridgehead atoms. The van der Waals surface area contributed by atoms with Crippen LogP contribution in [0.1, 0.15) is 18.5 Å². The highest BCUT2D eigenvalue weighted by Gasteiger charge is 2.28. The molecule has 0 spiro atoms. The van der Waals surface area contributed by atoms with Crippen molar-refractivity contribution in [1.29, 1.82) is 0 Å². The summed E-state index contributed by atoms with van der Waals surface area (Å²) in [4.78, 5) is 32.1. The lowest BCUT2D eigenvalue weighted by Crippen LogP contribution is -2.46. The van der Waals surface area contributed by atoms with E-state index in [1.54, 1.807) is 6.33 Å². The molecule has 0 amide bonds. The van der Waals surface area contributed by atoms with E-state index in [0.29, 0.717) is 12.5 Å². The number of anilines is 1. The van der Waals surface area contributed by atoms with E-state index in [9.17, 15) is 4.79 Å². The molecular formula is C30H35N7O2. The third-order valence-corrected chi connectivity index (χ3v) is 7.66. The number of hydrogen-bond donors (Lipinski definition) is 3. The second-order valence-corrected chi connectivity index (χ2v) is 10.6. The zero-order valence-corrected chi connectivity index (χ0v) is 22.3. The Kier molecular flexibility index (Phi) is 7.51. The average Bonchev–Trinajstić information content (AvgIpc) is 3.42. The molecule has 1 unspecified atom stereocenters. The Morgan fingerprint density at radius 1 is 1.18 bits per heavy atom. The molecule has 0 saturated carbocycles. The number of fused-ring (bicyclic) bond motifs is 1. The lowest BCUT2D eigenvalue weighted by atomic mass is 9.98. The molecule has 0 aliphatic carbocycles. The number of hydrogen-bond acceptors (Lipinski definition) is 8. The first-order valence-electron chi connectivity index (χ1n) is 13.8. The third kappa shape index (κ3) is 5.94. The number of H-pyrrole nitrogens is 1. The number of aryl methyl sites for hydroxylation is 1. The summed E-state index contributed by atoms with van der Waals surface area (Å²) in [5.74, 6) is 0.428. The van der Waals surface area contributed by atoms with E-state index >= 15 is 0 Å². The van der Waals surface area contributed by atoms with Crippen LogP contribution in [-0.2, 0) is 9.53 Å². The molecule has 3 N–H and O–H groups in total. The lowest BCUT2D eigenvalue weighted by molar-refractivity contribution is -0.152. The first-order chi connectivity index (χ1) is 19.1. The number of esters is 1. The largest absolute Gasteiger partial charge is 0.465 e. The Balaban J connectivity index is 1.08. The zero-order valence-electron chi connectivity index (χ0n) is 22.3. The topological polar surface area (TPSA) is 108 Å². The standard InChI is InChI=1S/C30H35N7O2/c1-20-4-2-6-27(36-20)29-28(34-19-35-29)22-7-8-26-24(12-22)13-25(16-33-26)32-9-11-37-10-3-5-23(17-37)30(38)39-18-21-14-31-15-21/h2,4,6-8,12-13,16,19,21,23,31-32H,3,5,9-11,14-15,17-18H2,1H3,(H,34,35). The van der Waals surface area contributed by atoms with Crippen LogP contribution in [0.15, 0.2) is 55.0 Å². The maximum atomic E-state index is 12.5. The molecule has 5 heterocycles. The molecule has 39 heavy (non-hydrogen) atoms. The quantitative estimate of drug-likeness (QED) is 0.283. The van der Waals surface area contributed by atoms with Crippen molar-refractivity contribution in [2.45, 2.75) is 19.8 Å². The number of benzene rings is 1. The number of carbonyl (C=O) groups is 1. The molecule has 1 aromatic carbocycles. The molecule has 2 aliphatic heterocycles. The van der Waals surface area contributed by atoms with Crippen LogP contribution in [0.3, 0.4) is 0 Å². The van der Waals surface area contributed by atoms with E-state index < -0.39 is 0 Å². The number of likely N-dealkylation sites (tertiary alicyclic amines) is 1. The minimum atomic E-state index is -0.0349. The van der Waals surface area contributed by atoms with E-state index in [0.717, 1.165) is 97.0 Å². The molecule has 9 nitrogen and oxygen atoms in total. The van der Waals surface area contributed by atoms with E-state index in [2.05, 4.69) is 53.7 Å². The van der Waals surface area contributed by atoms with E-state index in [1.165, 1.54) is 0 Å². The van der Waals surface area contributed by atoms with Crippen LogP contribution in [0.4, 0.5) is 5.69 Å². The van der Waals surface area contributed by atoms with Crippen LogP contribution < -0.4 is 10.6 Å². The average molecular weight is 526 g/mol. The number of carbonyl (C=O) groups excluding carboxylic acids is 1. The van der Waals surface area contributed by atoms with E-state index in [4.69, 9.17) is 4.74 Å². The first kappa shape index (κ1) is 25.5. The number of pyridine rings is 2. The summed E-state index contributed by atoms with van der Waals surface area (Å²) < 4.78 is 5.58. The molecule has 9 heteroatoms. The molecule has 3 aromatic heterocycles. The Labute approximate surface area is 228 Å². The summed E-state index contributed by atoms with van der Waals surface area (Å²) in [5, 5.41) is 7.79. The smallest absolute Gasteiger partial charge is 0.310 e. The predicted molar refractivity (Wildman–Crippen MR) is 152 cm³/mol. The zero-order chi connectivity index (χ0) is 26.6. The summed E-state index contributed by atoms with van der Waals surface area (Å²) in [6.07, 6.45) is 5.54. The SMILES string of the molecule is Cc1cccc(-c2[nH]cnc2-c2ccc3ncc(NCCN4CCCC(C(=O)OCC5CNC5)C4)cc3c2)n1. The number of aromatic nitrogens is 4. The Morgan fingerprint density at radius 2 is 2.10 bits per heavy atom. The highest BCUT2D eigenvalue weighted by Crippen LogP contribution is 2.30. The van der Waals surface area contributed by atoms with Gasteiger partial charge in [0.05, 0.1) is 53.3 Å².